The summed E-state index contributed by atoms with van der Waals surface area (Å²) in [4.78, 5) is 19.2. The molecule has 1 aliphatic rings. The van der Waals surface area contributed by atoms with E-state index in [9.17, 15) is 9.18 Å². The number of anilines is 1. The van der Waals surface area contributed by atoms with Crippen molar-refractivity contribution >= 4 is 12.0 Å². The number of nitrogens with zero attached hydrogens (tertiary/aromatic N) is 1. The molecule has 0 saturated carbocycles. The van der Waals surface area contributed by atoms with Crippen LogP contribution in [0, 0.1) is 11.2 Å². The maximum atomic E-state index is 13.0. The highest BCUT2D eigenvalue weighted by Gasteiger charge is 2.18. The maximum absolute atomic E-state index is 13.0. The van der Waals surface area contributed by atoms with E-state index in [1.807, 2.05) is 0 Å². The Kier molecular flexibility index (Phi) is 4.47. The molecular formula is C16H17FN4O2. The highest BCUT2D eigenvalue weighted by Crippen LogP contribution is 2.14. The summed E-state index contributed by atoms with van der Waals surface area (Å²) in [6, 6.07) is 6.12. The van der Waals surface area contributed by atoms with Crippen molar-refractivity contribution in [2.75, 3.05) is 18.5 Å². The molecule has 120 valence electrons. The zero-order chi connectivity index (χ0) is 16.2. The van der Waals surface area contributed by atoms with E-state index in [1.165, 1.54) is 12.1 Å². The summed E-state index contributed by atoms with van der Waals surface area (Å²) < 4.78 is 18.3. The summed E-state index contributed by atoms with van der Waals surface area (Å²) >= 11 is 0. The number of H-pyrrole nitrogens is 1. The van der Waals surface area contributed by atoms with Crippen LogP contribution >= 0.6 is 0 Å². The minimum Gasteiger partial charge on any atom is -0.379 e. The first kappa shape index (κ1) is 15.4. The molecular weight excluding hydrogens is 299 g/mol. The van der Waals surface area contributed by atoms with Crippen molar-refractivity contribution < 1.29 is 9.13 Å². The number of benzene rings is 1. The molecule has 23 heavy (non-hydrogen) atoms. The maximum Gasteiger partial charge on any atom is 0.261 e. The topological polar surface area (TPSA) is 90.9 Å². The molecule has 1 aliphatic heterocycles. The summed E-state index contributed by atoms with van der Waals surface area (Å²) in [7, 11) is 0. The highest BCUT2D eigenvalue weighted by molar-refractivity contribution is 5.83. The van der Waals surface area contributed by atoms with Gasteiger partial charge in [-0.1, -0.05) is 12.1 Å². The van der Waals surface area contributed by atoms with Crippen molar-refractivity contribution in [1.82, 2.24) is 9.97 Å². The van der Waals surface area contributed by atoms with Crippen LogP contribution in [0.25, 0.3) is 0 Å². The normalized spacial score (nSPS) is 17.2. The molecule has 0 spiro atoms. The van der Waals surface area contributed by atoms with E-state index in [4.69, 9.17) is 10.1 Å². The van der Waals surface area contributed by atoms with Gasteiger partial charge in [0.15, 0.2) is 0 Å². The molecule has 1 aromatic carbocycles. The Bertz CT molecular complexity index is 752. The van der Waals surface area contributed by atoms with Gasteiger partial charge < -0.3 is 20.4 Å². The number of rotatable bonds is 5. The monoisotopic (exact) mass is 316 g/mol. The molecule has 0 bridgehead atoms. The SMILES string of the molecule is N=Cc1c(NC2CCOC2)nc(Cc2ccc(F)cc2)[nH]c1=O. The lowest BCUT2D eigenvalue weighted by molar-refractivity contribution is 0.195. The Hall–Kier alpha value is -2.54. The molecule has 7 heteroatoms. The second-order valence-electron chi connectivity index (χ2n) is 5.43. The van der Waals surface area contributed by atoms with Crippen LogP contribution in [0.1, 0.15) is 23.4 Å². The quantitative estimate of drug-likeness (QED) is 0.732. The van der Waals surface area contributed by atoms with Gasteiger partial charge >= 0.3 is 0 Å². The summed E-state index contributed by atoms with van der Waals surface area (Å²) in [6.45, 7) is 1.22. The molecule has 1 aromatic heterocycles. The molecule has 1 fully saturated rings. The van der Waals surface area contributed by atoms with Crippen LogP contribution in [-0.2, 0) is 11.2 Å². The third kappa shape index (κ3) is 3.62. The first-order valence-corrected chi connectivity index (χ1v) is 7.38. The van der Waals surface area contributed by atoms with Crippen molar-refractivity contribution in [1.29, 1.82) is 5.41 Å². The summed E-state index contributed by atoms with van der Waals surface area (Å²) in [6.07, 6.45) is 2.20. The van der Waals surface area contributed by atoms with Crippen molar-refractivity contribution in [3.8, 4) is 0 Å². The second-order valence-corrected chi connectivity index (χ2v) is 5.43. The Balaban J connectivity index is 1.88. The predicted octanol–water partition coefficient (Wildman–Crippen LogP) is 1.70. The Labute approximate surface area is 132 Å². The van der Waals surface area contributed by atoms with Crippen molar-refractivity contribution in [2.45, 2.75) is 18.9 Å². The Morgan fingerprint density at radius 1 is 1.43 bits per heavy atom. The summed E-state index contributed by atoms with van der Waals surface area (Å²) in [5, 5.41) is 10.6. The van der Waals surface area contributed by atoms with E-state index in [0.717, 1.165) is 18.2 Å². The number of ether oxygens (including phenoxy) is 1. The van der Waals surface area contributed by atoms with Crippen molar-refractivity contribution in [3.63, 3.8) is 0 Å². The van der Waals surface area contributed by atoms with E-state index in [1.54, 1.807) is 12.1 Å². The lowest BCUT2D eigenvalue weighted by Gasteiger charge is -2.14. The number of aromatic amines is 1. The van der Waals surface area contributed by atoms with Gasteiger partial charge in [0, 0.05) is 19.2 Å². The van der Waals surface area contributed by atoms with Crippen LogP contribution < -0.4 is 10.9 Å². The standard InChI is InChI=1S/C16H17FN4O2/c17-11-3-1-10(2-4-11)7-14-20-15(13(8-18)16(22)21-14)19-12-5-6-23-9-12/h1-4,8,12,18H,5-7,9H2,(H2,19,20,21,22). The Morgan fingerprint density at radius 2 is 2.22 bits per heavy atom. The van der Waals surface area contributed by atoms with Gasteiger partial charge in [-0.25, -0.2) is 9.37 Å². The third-order valence-corrected chi connectivity index (χ3v) is 3.70. The van der Waals surface area contributed by atoms with Gasteiger partial charge in [0.1, 0.15) is 17.5 Å². The smallest absolute Gasteiger partial charge is 0.261 e. The molecule has 2 aromatic rings. The second kappa shape index (κ2) is 6.70. The van der Waals surface area contributed by atoms with E-state index in [-0.39, 0.29) is 23.0 Å². The van der Waals surface area contributed by atoms with E-state index < -0.39 is 0 Å². The minimum atomic E-state index is -0.367. The summed E-state index contributed by atoms with van der Waals surface area (Å²) in [5.74, 6) is 0.544. The fraction of sp³-hybridized carbons (Fsp3) is 0.312. The molecule has 0 amide bonds. The molecule has 0 radical (unpaired) electrons. The van der Waals surface area contributed by atoms with Crippen LogP contribution in [0.4, 0.5) is 10.2 Å². The highest BCUT2D eigenvalue weighted by atomic mass is 19.1. The largest absolute Gasteiger partial charge is 0.379 e. The molecule has 1 atom stereocenters. The number of hydrogen-bond acceptors (Lipinski definition) is 5. The average molecular weight is 316 g/mol. The fourth-order valence-electron chi connectivity index (χ4n) is 2.49. The molecule has 1 unspecified atom stereocenters. The van der Waals surface area contributed by atoms with Crippen LogP contribution in [0.2, 0.25) is 0 Å². The van der Waals surface area contributed by atoms with Crippen LogP contribution in [-0.4, -0.2) is 35.4 Å². The van der Waals surface area contributed by atoms with E-state index in [2.05, 4.69) is 15.3 Å². The third-order valence-electron chi connectivity index (χ3n) is 3.70. The van der Waals surface area contributed by atoms with Gasteiger partial charge in [-0.2, -0.15) is 0 Å². The van der Waals surface area contributed by atoms with Gasteiger partial charge in [0.2, 0.25) is 0 Å². The molecule has 3 N–H and O–H groups in total. The number of nitrogens with one attached hydrogen (secondary N) is 3. The van der Waals surface area contributed by atoms with Gasteiger partial charge in [-0.05, 0) is 24.1 Å². The number of hydrogen-bond donors (Lipinski definition) is 3. The van der Waals surface area contributed by atoms with Gasteiger partial charge in [-0.15, -0.1) is 0 Å². The van der Waals surface area contributed by atoms with Gasteiger partial charge in [-0.3, -0.25) is 4.79 Å². The number of aromatic nitrogens is 2. The lowest BCUT2D eigenvalue weighted by atomic mass is 10.1. The van der Waals surface area contributed by atoms with Crippen LogP contribution in [0.5, 0.6) is 0 Å². The number of halogens is 1. The van der Waals surface area contributed by atoms with Crippen LogP contribution in [0.3, 0.4) is 0 Å². The first-order valence-electron chi connectivity index (χ1n) is 7.38. The molecule has 1 saturated heterocycles. The minimum absolute atomic E-state index is 0.0849. The van der Waals surface area contributed by atoms with Crippen molar-refractivity contribution in [3.05, 3.63) is 57.4 Å². The molecule has 0 aliphatic carbocycles. The Morgan fingerprint density at radius 3 is 2.87 bits per heavy atom. The van der Waals surface area contributed by atoms with E-state index in [0.29, 0.717) is 31.3 Å². The average Bonchev–Trinajstić information content (AvgIpc) is 3.02. The molecule has 3 rings (SSSR count). The summed E-state index contributed by atoms with van der Waals surface area (Å²) in [5.41, 5.74) is 0.667. The van der Waals surface area contributed by atoms with Gasteiger partial charge in [0.25, 0.3) is 5.56 Å². The molecule has 2 heterocycles. The van der Waals surface area contributed by atoms with E-state index >= 15 is 0 Å². The zero-order valence-corrected chi connectivity index (χ0v) is 12.4. The predicted molar refractivity (Wildman–Crippen MR) is 84.8 cm³/mol. The lowest BCUT2D eigenvalue weighted by Crippen LogP contribution is -2.26. The van der Waals surface area contributed by atoms with Crippen molar-refractivity contribution in [2.24, 2.45) is 0 Å². The van der Waals surface area contributed by atoms with Crippen LogP contribution in [0.15, 0.2) is 29.1 Å². The molecule has 6 nitrogen and oxygen atoms in total. The zero-order valence-electron chi connectivity index (χ0n) is 12.4. The first-order chi connectivity index (χ1) is 11.2. The van der Waals surface area contributed by atoms with Gasteiger partial charge in [0.05, 0.1) is 18.2 Å². The fourth-order valence-corrected chi connectivity index (χ4v) is 2.49.